The van der Waals surface area contributed by atoms with Crippen molar-refractivity contribution in [3.05, 3.63) is 0 Å². The van der Waals surface area contributed by atoms with Gasteiger partial charge in [-0.05, 0) is 6.92 Å². The molecule has 0 spiro atoms. The minimum atomic E-state index is -1.55. The minimum absolute atomic E-state index is 0.0684. The van der Waals surface area contributed by atoms with Crippen LogP contribution in [0.2, 0.25) is 0 Å². The zero-order chi connectivity index (χ0) is 24.7. The lowest BCUT2D eigenvalue weighted by molar-refractivity contribution is -0.695. The molecule has 2 heterocycles. The molecule has 14 heteroatoms. The smallest absolute Gasteiger partial charge is 0.190 e. The van der Waals surface area contributed by atoms with Crippen molar-refractivity contribution in [2.75, 3.05) is 20.2 Å². The highest BCUT2D eigenvalue weighted by molar-refractivity contribution is 4.98. The lowest BCUT2D eigenvalue weighted by atomic mass is 9.84. The molecular weight excluding hydrogens is 444 g/mol. The van der Waals surface area contributed by atoms with Gasteiger partial charge in [-0.2, -0.15) is 0 Å². The zero-order valence-corrected chi connectivity index (χ0v) is 19.1. The van der Waals surface area contributed by atoms with Crippen molar-refractivity contribution in [1.82, 2.24) is 0 Å². The molecule has 1 aliphatic carbocycles. The van der Waals surface area contributed by atoms with Gasteiger partial charge in [-0.15, -0.1) is 0 Å². The second-order valence-corrected chi connectivity index (χ2v) is 9.64. The molecule has 0 aromatic carbocycles. The SMILES string of the molecule is C[NH2+][C@@H]1[C@@H](O)[C@@H](O[C@@H]2[C@@H](O)[C@H](O[C@H]3O[C@H](C[NH3+])[C@@H](O)[C@H](O)[C@H]3O)[C@@H]([NH3+])C[C@H]2[NH3+])OC[C@]1(C)O. The molecule has 14 atom stereocenters. The van der Waals surface area contributed by atoms with Gasteiger partial charge >= 0.3 is 0 Å². The highest BCUT2D eigenvalue weighted by Gasteiger charge is 2.55. The number of hydrogen-bond donors (Lipinski definition) is 10. The van der Waals surface area contributed by atoms with Crippen LogP contribution in [0.4, 0.5) is 0 Å². The molecule has 3 fully saturated rings. The fraction of sp³-hybridized carbons (Fsp3) is 1.00. The second-order valence-electron chi connectivity index (χ2n) is 9.64. The predicted octanol–water partition coefficient (Wildman–Crippen LogP) is -9.18. The van der Waals surface area contributed by atoms with E-state index in [9.17, 15) is 30.6 Å². The largest absolute Gasteiger partial charge is 0.387 e. The highest BCUT2D eigenvalue weighted by Crippen LogP contribution is 2.30. The van der Waals surface area contributed by atoms with Crippen molar-refractivity contribution in [3.8, 4) is 0 Å². The third kappa shape index (κ3) is 5.34. The first-order valence-electron chi connectivity index (χ1n) is 11.4. The van der Waals surface area contributed by atoms with Crippen LogP contribution in [0.3, 0.4) is 0 Å². The summed E-state index contributed by atoms with van der Waals surface area (Å²) in [6.45, 7) is 1.63. The number of likely N-dealkylation sites (N-methyl/N-ethyl adjacent to an activating group) is 1. The van der Waals surface area contributed by atoms with E-state index in [0.29, 0.717) is 6.42 Å². The van der Waals surface area contributed by atoms with Gasteiger partial charge in [0.2, 0.25) is 0 Å². The fourth-order valence-electron chi connectivity index (χ4n) is 5.02. The number of hydrogen-bond acceptors (Lipinski definition) is 10. The lowest BCUT2D eigenvalue weighted by Gasteiger charge is -2.46. The van der Waals surface area contributed by atoms with Crippen molar-refractivity contribution in [2.45, 2.75) is 98.5 Å². The molecule has 3 rings (SSSR count). The maximum absolute atomic E-state index is 11.1. The van der Waals surface area contributed by atoms with Crippen LogP contribution in [0.15, 0.2) is 0 Å². The molecule has 0 aromatic heterocycles. The Morgan fingerprint density at radius 1 is 0.909 bits per heavy atom. The van der Waals surface area contributed by atoms with Gasteiger partial charge in [0.05, 0.1) is 20.1 Å². The molecule has 0 amide bonds. The summed E-state index contributed by atoms with van der Waals surface area (Å²) >= 11 is 0. The molecule has 194 valence electrons. The fourth-order valence-corrected chi connectivity index (χ4v) is 5.02. The Morgan fingerprint density at radius 2 is 1.48 bits per heavy atom. The summed E-state index contributed by atoms with van der Waals surface area (Å²) in [7, 11) is 1.72. The first-order valence-corrected chi connectivity index (χ1v) is 11.4. The van der Waals surface area contributed by atoms with E-state index in [0.717, 1.165) is 0 Å². The number of aliphatic hydroxyl groups is 6. The summed E-state index contributed by atoms with van der Waals surface area (Å²) in [6, 6.07) is -1.47. The highest BCUT2D eigenvalue weighted by atomic mass is 16.7. The summed E-state index contributed by atoms with van der Waals surface area (Å²) in [4.78, 5) is 0. The topological polar surface area (TPSA) is 258 Å². The van der Waals surface area contributed by atoms with Gasteiger partial charge in [0.1, 0.15) is 73.0 Å². The summed E-state index contributed by atoms with van der Waals surface area (Å²) in [6.07, 6.45) is -11.6. The van der Waals surface area contributed by atoms with Crippen molar-refractivity contribution in [3.63, 3.8) is 0 Å². The summed E-state index contributed by atoms with van der Waals surface area (Å²) in [5, 5.41) is 64.4. The van der Waals surface area contributed by atoms with Crippen LogP contribution in [-0.4, -0.2) is 136 Å². The van der Waals surface area contributed by atoms with Gasteiger partial charge in [0.15, 0.2) is 18.7 Å². The van der Waals surface area contributed by atoms with Gasteiger partial charge in [0, 0.05) is 0 Å². The number of quaternary nitrogens is 4. The Morgan fingerprint density at radius 3 is 2.03 bits per heavy atom. The van der Waals surface area contributed by atoms with Gasteiger partial charge in [-0.3, -0.25) is 0 Å². The van der Waals surface area contributed by atoms with Gasteiger partial charge in [0.25, 0.3) is 0 Å². The van der Waals surface area contributed by atoms with Crippen molar-refractivity contribution >= 4 is 0 Å². The van der Waals surface area contributed by atoms with E-state index in [1.165, 1.54) is 0 Å². The van der Waals surface area contributed by atoms with E-state index >= 15 is 0 Å². The molecule has 1 saturated carbocycles. The molecule has 0 radical (unpaired) electrons. The molecule has 0 bridgehead atoms. The van der Waals surface area contributed by atoms with Crippen LogP contribution in [-0.2, 0) is 18.9 Å². The van der Waals surface area contributed by atoms with Crippen molar-refractivity contribution < 1.29 is 72.1 Å². The summed E-state index contributed by atoms with van der Waals surface area (Å²) in [5.74, 6) is 0. The van der Waals surface area contributed by atoms with E-state index in [4.69, 9.17) is 18.9 Å². The molecule has 33 heavy (non-hydrogen) atoms. The van der Waals surface area contributed by atoms with Crippen LogP contribution in [0.5, 0.6) is 0 Å². The average Bonchev–Trinajstić information content (AvgIpc) is 2.75. The van der Waals surface area contributed by atoms with Gasteiger partial charge in [-0.1, -0.05) is 0 Å². The quantitative estimate of drug-likeness (QED) is 0.169. The Kier molecular flexibility index (Phi) is 8.68. The van der Waals surface area contributed by atoms with E-state index < -0.39 is 85.1 Å². The van der Waals surface area contributed by atoms with E-state index in [-0.39, 0.29) is 13.2 Å². The Hall–Kier alpha value is -0.560. The van der Waals surface area contributed by atoms with Crippen molar-refractivity contribution in [2.24, 2.45) is 0 Å². The van der Waals surface area contributed by atoms with Gasteiger partial charge in [-0.25, -0.2) is 0 Å². The minimum Gasteiger partial charge on any atom is -0.387 e. The summed E-state index contributed by atoms with van der Waals surface area (Å²) < 4.78 is 22.9. The Balaban J connectivity index is 1.71. The number of nitrogens with two attached hydrogens (primary N) is 1. The zero-order valence-electron chi connectivity index (χ0n) is 19.1. The monoisotopic (exact) mass is 486 g/mol. The van der Waals surface area contributed by atoms with Crippen LogP contribution >= 0.6 is 0 Å². The standard InChI is InChI=1S/C19H38N4O10/c1-19(29)5-30-17(13(28)16(19)23-2)32-14-6(21)3-7(22)15(12(14)27)33-18-11(26)10(25)9(24)8(4-20)31-18/h6-18,23-29H,3-5,20-22H2,1-2H3/p+4/t6-,7+,8-,9-,10+,11-,12-,13-,14+,15-,16-,17-,18-,19+/m1/s1. The average molecular weight is 487 g/mol. The first-order chi connectivity index (χ1) is 15.4. The predicted molar refractivity (Wildman–Crippen MR) is 106 cm³/mol. The third-order valence-electron chi connectivity index (χ3n) is 7.01. The lowest BCUT2D eigenvalue weighted by Crippen LogP contribution is -2.96. The van der Waals surface area contributed by atoms with Crippen LogP contribution in [0.25, 0.3) is 0 Å². The molecule has 2 saturated heterocycles. The van der Waals surface area contributed by atoms with Crippen LogP contribution in [0.1, 0.15) is 13.3 Å². The van der Waals surface area contributed by atoms with Gasteiger partial charge < -0.3 is 72.1 Å². The molecule has 0 aromatic rings. The van der Waals surface area contributed by atoms with E-state index in [1.807, 2.05) is 0 Å². The summed E-state index contributed by atoms with van der Waals surface area (Å²) in [5.41, 5.74) is 10.5. The number of aliphatic hydroxyl groups excluding tert-OH is 5. The van der Waals surface area contributed by atoms with E-state index in [2.05, 4.69) is 17.2 Å². The third-order valence-corrected chi connectivity index (χ3v) is 7.01. The number of ether oxygens (including phenoxy) is 4. The Labute approximate surface area is 191 Å². The normalized spacial score (nSPS) is 53.7. The maximum Gasteiger partial charge on any atom is 0.190 e. The van der Waals surface area contributed by atoms with E-state index in [1.54, 1.807) is 19.3 Å². The molecule has 2 aliphatic heterocycles. The van der Waals surface area contributed by atoms with Crippen LogP contribution < -0.4 is 22.5 Å². The van der Waals surface area contributed by atoms with Crippen molar-refractivity contribution in [1.29, 1.82) is 0 Å². The molecule has 0 unspecified atom stereocenters. The first kappa shape index (κ1) is 27.0. The molecule has 3 aliphatic rings. The molecule has 17 N–H and O–H groups in total. The van der Waals surface area contributed by atoms with Crippen LogP contribution in [0, 0.1) is 0 Å². The second kappa shape index (κ2) is 10.6. The molecular formula is C19H42N4O10+4. The number of rotatable bonds is 6. The molecule has 14 nitrogen and oxygen atoms in total. The maximum atomic E-state index is 11.1. The Bertz CT molecular complexity index is 646.